The number of halogens is 1. The molecular weight excluding hydrogens is 1300 g/mol. The zero-order valence-corrected chi connectivity index (χ0v) is 66.1. The second-order valence-electron chi connectivity index (χ2n) is 38.6. The van der Waals surface area contributed by atoms with Gasteiger partial charge in [0.25, 0.3) is 0 Å². The molecule has 2 saturated heterocycles. The molecule has 12 aliphatic rings. The minimum atomic E-state index is -2.87. The van der Waals surface area contributed by atoms with E-state index in [1.807, 2.05) is 31.4 Å². The number of sulfone groups is 1. The number of methoxy groups -OCH3 is 1. The average Bonchev–Trinajstić information content (AvgIpc) is 1.58. The summed E-state index contributed by atoms with van der Waals surface area (Å²) >= 11 is 0. The zero-order valence-electron chi connectivity index (χ0n) is 64.5. The molecule has 562 valence electrons. The van der Waals surface area contributed by atoms with E-state index >= 15 is 0 Å². The maximum absolute atomic E-state index is 14.6. The molecule has 2 heterocycles. The number of aromatic carboxylic acids is 2. The Hall–Kier alpha value is -3.44. The predicted molar refractivity (Wildman–Crippen MR) is 411 cm³/mol. The Morgan fingerprint density at radius 3 is 1.32 bits per heavy atom. The normalized spacial score (nSPS) is 42.4. The molecule has 10 fully saturated rings. The van der Waals surface area contributed by atoms with E-state index in [1.165, 1.54) is 119 Å². The van der Waals surface area contributed by atoms with Gasteiger partial charge in [-0.1, -0.05) is 120 Å². The molecule has 12 nitrogen and oxygen atoms in total. The van der Waals surface area contributed by atoms with Crippen molar-refractivity contribution in [3.63, 3.8) is 0 Å². The minimum Gasteiger partial charge on any atom is -0.478 e. The van der Waals surface area contributed by atoms with Crippen molar-refractivity contribution in [2.45, 2.75) is 210 Å². The largest absolute Gasteiger partial charge is 0.478 e. The molecule has 0 spiro atoms. The number of carbonyl (C=O) groups is 2. The van der Waals surface area contributed by atoms with Crippen molar-refractivity contribution in [2.24, 2.45) is 114 Å². The predicted octanol–water partition coefficient (Wildman–Crippen LogP) is 16.3. The van der Waals surface area contributed by atoms with Crippen LogP contribution in [-0.4, -0.2) is 157 Å². The van der Waals surface area contributed by atoms with Gasteiger partial charge in [-0.05, 0) is 292 Å². The Morgan fingerprint density at radius 1 is 0.535 bits per heavy atom. The fraction of sp³-hybridized carbons (Fsp3) is 0.779. The van der Waals surface area contributed by atoms with Crippen molar-refractivity contribution in [1.82, 2.24) is 20.4 Å². The lowest BCUT2D eigenvalue weighted by Crippen LogP contribution is -2.68. The molecule has 2 unspecified atom stereocenters. The number of carboxylic acid groups (broad SMARTS) is 2. The van der Waals surface area contributed by atoms with E-state index in [2.05, 4.69) is 122 Å². The number of nitrogens with zero attached hydrogens (tertiary/aromatic N) is 2. The number of allylic oxidation sites excluding steroid dienone is 4. The quantitative estimate of drug-likeness (QED) is 0.111. The summed E-state index contributed by atoms with van der Waals surface area (Å²) in [6.45, 7) is 38.0. The van der Waals surface area contributed by atoms with Gasteiger partial charge in [0.15, 0.2) is 9.84 Å². The third kappa shape index (κ3) is 12.6. The van der Waals surface area contributed by atoms with Crippen LogP contribution in [0.3, 0.4) is 0 Å². The summed E-state index contributed by atoms with van der Waals surface area (Å²) in [6.07, 6.45) is 27.1. The van der Waals surface area contributed by atoms with Crippen molar-refractivity contribution in [3.05, 3.63) is 82.9 Å². The molecule has 0 aromatic heterocycles. The number of rotatable bonds is 17. The maximum atomic E-state index is 14.6. The Balaban J connectivity index is 0.000000181. The van der Waals surface area contributed by atoms with E-state index < -0.39 is 31.3 Å². The van der Waals surface area contributed by atoms with Crippen LogP contribution in [0.1, 0.15) is 231 Å². The smallest absolute Gasteiger partial charge is 0.335 e. The van der Waals surface area contributed by atoms with Gasteiger partial charge in [0.05, 0.1) is 29.3 Å². The second-order valence-corrected chi connectivity index (χ2v) is 43.6. The topological polar surface area (TPSA) is 166 Å². The van der Waals surface area contributed by atoms with E-state index in [0.29, 0.717) is 112 Å². The summed E-state index contributed by atoms with van der Waals surface area (Å²) in [5.74, 6) is 10.9. The van der Waals surface area contributed by atoms with Crippen LogP contribution in [0.5, 0.6) is 0 Å². The van der Waals surface area contributed by atoms with Crippen LogP contribution in [0.15, 0.2) is 60.7 Å². The molecular formula is C86H131FN4O8S2. The highest BCUT2D eigenvalue weighted by molar-refractivity contribution is 8.00. The molecule has 2 aromatic carbocycles. The number of carboxylic acids is 2. The molecule has 0 radical (unpaired) electrons. The summed E-state index contributed by atoms with van der Waals surface area (Å²) < 4.78 is 57.0. The second kappa shape index (κ2) is 27.3. The summed E-state index contributed by atoms with van der Waals surface area (Å²) in [4.78, 5) is 28.0. The molecule has 2 aliphatic heterocycles. The number of benzene rings is 2. The van der Waals surface area contributed by atoms with Gasteiger partial charge in [-0.2, -0.15) is 0 Å². The fourth-order valence-corrected chi connectivity index (χ4v) is 31.1. The Labute approximate surface area is 609 Å². The number of ether oxygens (including phenoxy) is 1. The highest BCUT2D eigenvalue weighted by Gasteiger charge is 2.73. The van der Waals surface area contributed by atoms with Crippen LogP contribution in [-0.2, 0) is 24.1 Å². The van der Waals surface area contributed by atoms with Gasteiger partial charge < -0.3 is 35.4 Å². The monoisotopic (exact) mass is 1430 g/mol. The molecule has 15 heteroatoms. The fourth-order valence-electron chi connectivity index (χ4n) is 28.4. The molecule has 10 aliphatic carbocycles. The van der Waals surface area contributed by atoms with Crippen LogP contribution < -0.4 is 10.6 Å². The Morgan fingerprint density at radius 2 is 0.931 bits per heavy atom. The Bertz CT molecular complexity index is 3680. The van der Waals surface area contributed by atoms with Gasteiger partial charge in [0.2, 0.25) is 0 Å². The van der Waals surface area contributed by atoms with Crippen molar-refractivity contribution in [2.75, 3.05) is 95.8 Å². The maximum Gasteiger partial charge on any atom is 0.335 e. The lowest BCUT2D eigenvalue weighted by molar-refractivity contribution is -0.222. The molecule has 20 atom stereocenters. The van der Waals surface area contributed by atoms with Crippen molar-refractivity contribution >= 4 is 48.3 Å². The van der Waals surface area contributed by atoms with E-state index in [1.54, 1.807) is 24.3 Å². The first-order valence-electron chi connectivity index (χ1n) is 40.1. The van der Waals surface area contributed by atoms with Crippen LogP contribution in [0.25, 0.3) is 11.1 Å². The van der Waals surface area contributed by atoms with Crippen molar-refractivity contribution in [1.29, 1.82) is 0 Å². The van der Waals surface area contributed by atoms with E-state index in [4.69, 9.17) is 4.74 Å². The average molecular weight is 1430 g/mol. The third-order valence-electron chi connectivity index (χ3n) is 33.9. The number of fused-ring (bicyclic) bond motifs is 14. The molecule has 14 rings (SSSR count). The number of hydrogen-bond acceptors (Lipinski definition) is 10. The van der Waals surface area contributed by atoms with Gasteiger partial charge in [-0.25, -0.2) is 18.0 Å². The van der Waals surface area contributed by atoms with E-state index in [0.717, 1.165) is 65.1 Å². The van der Waals surface area contributed by atoms with Crippen LogP contribution in [0.2, 0.25) is 0 Å². The molecule has 4 N–H and O–H groups in total. The summed E-state index contributed by atoms with van der Waals surface area (Å²) in [5.41, 5.74) is 7.50. The first kappa shape index (κ1) is 75.8. The first-order valence-corrected chi connectivity index (χ1v) is 44.0. The molecule has 101 heavy (non-hydrogen) atoms. The highest BCUT2D eigenvalue weighted by Crippen LogP contribution is 2.79. The van der Waals surface area contributed by atoms with Crippen molar-refractivity contribution in [3.8, 4) is 0 Å². The zero-order chi connectivity index (χ0) is 72.5. The molecule has 0 amide bonds. The first-order chi connectivity index (χ1) is 47.5. The highest BCUT2D eigenvalue weighted by atomic mass is 32.2. The Kier molecular flexibility index (Phi) is 20.5. The summed E-state index contributed by atoms with van der Waals surface area (Å²) in [6, 6.07) is 15.2. The van der Waals surface area contributed by atoms with Crippen LogP contribution in [0.4, 0.5) is 4.39 Å². The molecule has 2 aromatic rings. The van der Waals surface area contributed by atoms with Gasteiger partial charge in [-0.3, -0.25) is 8.60 Å². The standard InChI is InChI=1S/C43H65FN2O3S.C43H66N2O5S/c1-29(28-44)32-14-19-43(45-22-23-46-24-26-50(7,49)27-25-46)21-20-41(5)34(37(32)43)12-13-36-40(4)17-15-33(30-8-10-31(11-9-30)38(47)48)39(2,3)35(40)16-18-42(36,41)6;1-29(28-50-7)32-14-19-43(44-22-23-45-24-26-51(48,49)27-25-45)21-20-41(5)34(37(32)43)12-13-36-40(4)17-15-33(30-8-10-31(11-9-30)38(46)47)39(2,3)35(40)16-18-42(36,41)6/h8-11,15,29,32,34-37,45H,7,12-14,16-28H2,1-6H3,(H,47,48);8-11,15,29,32,34-37,44H,12-14,16-28H2,1-7H3,(H,46,47)/t2*29?,32-,34+,35-,36+,37+,40-,41+,42+,43-/m00/s1. The number of alkyl halides is 1. The van der Waals surface area contributed by atoms with Crippen molar-refractivity contribution < 1.29 is 41.6 Å². The van der Waals surface area contributed by atoms with Crippen LogP contribution >= 0.6 is 0 Å². The van der Waals surface area contributed by atoms with E-state index in [-0.39, 0.29) is 67.0 Å². The lowest BCUT2D eigenvalue weighted by Gasteiger charge is -2.72. The number of hydrogen-bond donors (Lipinski definition) is 4. The minimum absolute atomic E-state index is 0.00589. The number of nitrogens with one attached hydrogen (secondary N) is 2. The lowest BCUT2D eigenvalue weighted by atomic mass is 9.33. The summed E-state index contributed by atoms with van der Waals surface area (Å²) in [5, 5.41) is 27.5. The van der Waals surface area contributed by atoms with Crippen LogP contribution in [0, 0.1) is 114 Å². The van der Waals surface area contributed by atoms with Gasteiger partial charge in [0, 0.05) is 88.7 Å². The SMILES string of the molecule is C=S1(=O)CCN(CCN[C@]23CC[C@@H](C(C)CF)[C@@H]2[C@H]2CC[C@@H]4[C@@]5(C)CC=C(c6ccc(C(=O)O)cc6)C(C)(C)[C@@H]5CC[C@@]4(C)[C@]2(C)CC3)CC1.COCC(C)[C@@H]1CC[C@]2(NCCN3CCS(=O)(=O)CC3)CC[C@]3(C)[C@H](CC[C@@H]4[C@@]5(C)CC=C(c6ccc(C(=O)O)cc6)C(C)(C)[C@@H]5CC[C@]43C)[C@@H]12. The summed E-state index contributed by atoms with van der Waals surface area (Å²) in [7, 11) is -2.89. The van der Waals surface area contributed by atoms with Gasteiger partial charge in [-0.15, -0.1) is 0 Å². The van der Waals surface area contributed by atoms with E-state index in [9.17, 15) is 36.8 Å². The third-order valence-corrected chi connectivity index (χ3v) is 37.4. The molecule has 8 saturated carbocycles. The molecule has 0 bridgehead atoms. The van der Waals surface area contributed by atoms with Gasteiger partial charge in [0.1, 0.15) is 0 Å². The van der Waals surface area contributed by atoms with Gasteiger partial charge >= 0.3 is 11.9 Å².